The SMILES string of the molecule is OCc1ccc(Oc2cnc3ccccc3c2)c(F)c1. The number of pyridine rings is 1. The van der Waals surface area contributed by atoms with Crippen LogP contribution in [0.5, 0.6) is 11.5 Å². The van der Waals surface area contributed by atoms with E-state index in [1.54, 1.807) is 12.3 Å². The largest absolute Gasteiger partial charge is 0.453 e. The zero-order valence-corrected chi connectivity index (χ0v) is 10.6. The van der Waals surface area contributed by atoms with Crippen molar-refractivity contribution in [2.45, 2.75) is 6.61 Å². The number of rotatable bonds is 3. The molecular weight excluding hydrogens is 257 g/mol. The van der Waals surface area contributed by atoms with Crippen molar-refractivity contribution in [2.75, 3.05) is 0 Å². The number of fused-ring (bicyclic) bond motifs is 1. The van der Waals surface area contributed by atoms with Crippen molar-refractivity contribution < 1.29 is 14.2 Å². The lowest BCUT2D eigenvalue weighted by Gasteiger charge is -2.08. The molecule has 0 amide bonds. The Balaban J connectivity index is 1.92. The van der Waals surface area contributed by atoms with E-state index < -0.39 is 5.82 Å². The van der Waals surface area contributed by atoms with Crippen molar-refractivity contribution in [1.29, 1.82) is 0 Å². The standard InChI is InChI=1S/C16H12FNO2/c17-14-7-11(10-19)5-6-16(14)20-13-8-12-3-1-2-4-15(12)18-9-13/h1-9,19H,10H2. The molecule has 3 nitrogen and oxygen atoms in total. The van der Waals surface area contributed by atoms with Gasteiger partial charge >= 0.3 is 0 Å². The van der Waals surface area contributed by atoms with Gasteiger partial charge in [0.1, 0.15) is 5.75 Å². The third-order valence-corrected chi connectivity index (χ3v) is 2.97. The highest BCUT2D eigenvalue weighted by molar-refractivity contribution is 5.79. The van der Waals surface area contributed by atoms with Crippen molar-refractivity contribution in [1.82, 2.24) is 4.98 Å². The van der Waals surface area contributed by atoms with E-state index in [-0.39, 0.29) is 12.4 Å². The van der Waals surface area contributed by atoms with Crippen LogP contribution in [-0.2, 0) is 6.61 Å². The molecule has 0 radical (unpaired) electrons. The summed E-state index contributed by atoms with van der Waals surface area (Å²) in [7, 11) is 0. The zero-order valence-electron chi connectivity index (χ0n) is 10.6. The molecule has 1 N–H and O–H groups in total. The van der Waals surface area contributed by atoms with Gasteiger partial charge < -0.3 is 9.84 Å². The van der Waals surface area contributed by atoms with Crippen LogP contribution in [0.15, 0.2) is 54.7 Å². The van der Waals surface area contributed by atoms with Gasteiger partial charge in [0.05, 0.1) is 18.3 Å². The third-order valence-electron chi connectivity index (χ3n) is 2.97. The molecule has 0 spiro atoms. The Labute approximate surface area is 115 Å². The van der Waals surface area contributed by atoms with E-state index >= 15 is 0 Å². The molecule has 0 bridgehead atoms. The summed E-state index contributed by atoms with van der Waals surface area (Å²) in [6.45, 7) is -0.200. The van der Waals surface area contributed by atoms with Gasteiger partial charge in [-0.15, -0.1) is 0 Å². The van der Waals surface area contributed by atoms with Crippen molar-refractivity contribution in [2.24, 2.45) is 0 Å². The van der Waals surface area contributed by atoms with E-state index in [9.17, 15) is 4.39 Å². The lowest BCUT2D eigenvalue weighted by Crippen LogP contribution is -1.92. The van der Waals surface area contributed by atoms with E-state index in [0.717, 1.165) is 10.9 Å². The second-order valence-corrected chi connectivity index (χ2v) is 4.39. The van der Waals surface area contributed by atoms with Gasteiger partial charge in [-0.3, -0.25) is 4.98 Å². The van der Waals surface area contributed by atoms with Crippen molar-refractivity contribution in [3.05, 3.63) is 66.1 Å². The van der Waals surface area contributed by atoms with Crippen molar-refractivity contribution in [3.8, 4) is 11.5 Å². The minimum atomic E-state index is -0.510. The maximum atomic E-state index is 13.8. The highest BCUT2D eigenvalue weighted by atomic mass is 19.1. The van der Waals surface area contributed by atoms with E-state index in [2.05, 4.69) is 4.98 Å². The summed E-state index contributed by atoms with van der Waals surface area (Å²) in [6.07, 6.45) is 1.56. The first-order chi connectivity index (χ1) is 9.76. The fourth-order valence-electron chi connectivity index (χ4n) is 1.96. The number of aliphatic hydroxyl groups excluding tert-OH is 1. The molecule has 3 aromatic rings. The summed E-state index contributed by atoms with van der Waals surface area (Å²) < 4.78 is 19.3. The third kappa shape index (κ3) is 2.46. The maximum absolute atomic E-state index is 13.8. The number of nitrogens with zero attached hydrogens (tertiary/aromatic N) is 1. The smallest absolute Gasteiger partial charge is 0.166 e. The van der Waals surface area contributed by atoms with Crippen LogP contribution in [-0.4, -0.2) is 10.1 Å². The number of halogens is 1. The number of hydrogen-bond acceptors (Lipinski definition) is 3. The molecule has 2 aromatic carbocycles. The van der Waals surface area contributed by atoms with Crippen LogP contribution in [0, 0.1) is 5.82 Å². The number of ether oxygens (including phenoxy) is 1. The number of aromatic nitrogens is 1. The van der Waals surface area contributed by atoms with Crippen LogP contribution in [0.2, 0.25) is 0 Å². The molecule has 100 valence electrons. The van der Waals surface area contributed by atoms with E-state index in [0.29, 0.717) is 11.3 Å². The molecule has 0 saturated heterocycles. The van der Waals surface area contributed by atoms with Crippen LogP contribution in [0.1, 0.15) is 5.56 Å². The molecule has 0 atom stereocenters. The van der Waals surface area contributed by atoms with Crippen LogP contribution in [0.3, 0.4) is 0 Å². The normalized spacial score (nSPS) is 10.7. The topological polar surface area (TPSA) is 42.4 Å². The number of aliphatic hydroxyl groups is 1. The van der Waals surface area contributed by atoms with Gasteiger partial charge in [-0.05, 0) is 29.8 Å². The minimum Gasteiger partial charge on any atom is -0.453 e. The average Bonchev–Trinajstić information content (AvgIpc) is 2.49. The van der Waals surface area contributed by atoms with Crippen molar-refractivity contribution in [3.63, 3.8) is 0 Å². The molecule has 0 unspecified atom stereocenters. The lowest BCUT2D eigenvalue weighted by atomic mass is 10.2. The number of hydrogen-bond donors (Lipinski definition) is 1. The van der Waals surface area contributed by atoms with E-state index in [1.165, 1.54) is 12.1 Å². The summed E-state index contributed by atoms with van der Waals surface area (Å²) >= 11 is 0. The Morgan fingerprint density at radius 1 is 1.10 bits per heavy atom. The van der Waals surface area contributed by atoms with Crippen LogP contribution >= 0.6 is 0 Å². The van der Waals surface area contributed by atoms with E-state index in [4.69, 9.17) is 9.84 Å². The van der Waals surface area contributed by atoms with Gasteiger partial charge in [0.25, 0.3) is 0 Å². The maximum Gasteiger partial charge on any atom is 0.166 e. The highest BCUT2D eigenvalue weighted by Gasteiger charge is 2.07. The average molecular weight is 269 g/mol. The van der Waals surface area contributed by atoms with Crippen molar-refractivity contribution >= 4 is 10.9 Å². The predicted octanol–water partition coefficient (Wildman–Crippen LogP) is 3.66. The Hall–Kier alpha value is -2.46. The summed E-state index contributed by atoms with van der Waals surface area (Å²) in [5.41, 5.74) is 1.36. The molecule has 1 aromatic heterocycles. The first kappa shape index (κ1) is 12.6. The molecule has 0 aliphatic carbocycles. The molecule has 1 heterocycles. The Bertz CT molecular complexity index is 758. The second-order valence-electron chi connectivity index (χ2n) is 4.39. The van der Waals surface area contributed by atoms with Crippen LogP contribution in [0.4, 0.5) is 4.39 Å². The minimum absolute atomic E-state index is 0.110. The number of para-hydroxylation sites is 1. The fraction of sp³-hybridized carbons (Fsp3) is 0.0625. The first-order valence-electron chi connectivity index (χ1n) is 6.18. The Morgan fingerprint density at radius 2 is 1.95 bits per heavy atom. The second kappa shape index (κ2) is 5.27. The molecule has 4 heteroatoms. The highest BCUT2D eigenvalue weighted by Crippen LogP contribution is 2.26. The molecule has 0 saturated carbocycles. The Morgan fingerprint density at radius 3 is 2.75 bits per heavy atom. The molecule has 0 aliphatic rings. The molecular formula is C16H12FNO2. The monoisotopic (exact) mass is 269 g/mol. The van der Waals surface area contributed by atoms with Gasteiger partial charge in [0.15, 0.2) is 11.6 Å². The van der Waals surface area contributed by atoms with Gasteiger partial charge in [-0.1, -0.05) is 24.3 Å². The Kier molecular flexibility index (Phi) is 3.31. The quantitative estimate of drug-likeness (QED) is 0.789. The van der Waals surface area contributed by atoms with Gasteiger partial charge in [0, 0.05) is 5.39 Å². The lowest BCUT2D eigenvalue weighted by molar-refractivity contribution is 0.281. The zero-order chi connectivity index (χ0) is 13.9. The molecule has 0 aliphatic heterocycles. The van der Waals surface area contributed by atoms with Crippen LogP contribution in [0.25, 0.3) is 10.9 Å². The fourth-order valence-corrected chi connectivity index (χ4v) is 1.96. The number of benzene rings is 2. The van der Waals surface area contributed by atoms with Crippen LogP contribution < -0.4 is 4.74 Å². The molecule has 20 heavy (non-hydrogen) atoms. The van der Waals surface area contributed by atoms with Gasteiger partial charge in [0.2, 0.25) is 0 Å². The predicted molar refractivity (Wildman–Crippen MR) is 74.1 cm³/mol. The molecule has 3 rings (SSSR count). The summed E-state index contributed by atoms with van der Waals surface area (Å²) in [6, 6.07) is 13.8. The summed E-state index contributed by atoms with van der Waals surface area (Å²) in [5, 5.41) is 9.87. The van der Waals surface area contributed by atoms with Gasteiger partial charge in [-0.25, -0.2) is 4.39 Å². The first-order valence-corrected chi connectivity index (χ1v) is 6.18. The summed E-state index contributed by atoms with van der Waals surface area (Å²) in [5.74, 6) is 0.0725. The van der Waals surface area contributed by atoms with E-state index in [1.807, 2.05) is 30.3 Å². The van der Waals surface area contributed by atoms with Gasteiger partial charge in [-0.2, -0.15) is 0 Å². The summed E-state index contributed by atoms with van der Waals surface area (Å²) in [4.78, 5) is 4.25. The molecule has 0 fully saturated rings.